The lowest BCUT2D eigenvalue weighted by molar-refractivity contribution is -0.141. The van der Waals surface area contributed by atoms with Crippen LogP contribution in [0.3, 0.4) is 0 Å². The van der Waals surface area contributed by atoms with Crippen molar-refractivity contribution in [3.05, 3.63) is 59.4 Å². The first-order valence-corrected chi connectivity index (χ1v) is 11.9. The molecule has 1 fully saturated rings. The Morgan fingerprint density at radius 1 is 1.18 bits per heavy atom. The molecule has 0 radical (unpaired) electrons. The Bertz CT molecular complexity index is 1270. The minimum Gasteiger partial charge on any atom is -0.383 e. The van der Waals surface area contributed by atoms with Gasteiger partial charge in [0.05, 0.1) is 12.1 Å². The summed E-state index contributed by atoms with van der Waals surface area (Å²) < 4.78 is 34.9. The van der Waals surface area contributed by atoms with E-state index in [-0.39, 0.29) is 25.6 Å². The van der Waals surface area contributed by atoms with Crippen LogP contribution in [-0.4, -0.2) is 66.3 Å². The molecule has 1 aliphatic heterocycles. The number of anilines is 2. The summed E-state index contributed by atoms with van der Waals surface area (Å²) in [7, 11) is -2.57. The summed E-state index contributed by atoms with van der Waals surface area (Å²) in [4.78, 5) is 23.1. The Hall–Kier alpha value is -2.99. The number of amides is 1. The zero-order valence-corrected chi connectivity index (χ0v) is 19.4. The minimum absolute atomic E-state index is 0.0711. The first-order valence-electron chi connectivity index (χ1n) is 10.1. The van der Waals surface area contributed by atoms with E-state index in [1.165, 1.54) is 13.4 Å². The molecular weight excluding hydrogens is 468 g/mol. The van der Waals surface area contributed by atoms with Crippen molar-refractivity contribution < 1.29 is 17.9 Å². The Morgan fingerprint density at radius 3 is 2.67 bits per heavy atom. The lowest BCUT2D eigenvalue weighted by Gasteiger charge is -2.39. The molecule has 1 aromatic heterocycles. The fraction of sp³-hybridized carbons (Fsp3) is 0.286. The number of carbonyl (C=O) groups excluding carboxylic acids is 1. The normalized spacial score (nSPS) is 17.5. The first-order chi connectivity index (χ1) is 15.8. The number of ether oxygens (including phenoxy) is 1. The molecule has 1 atom stereocenters. The molecule has 1 saturated heterocycles. The summed E-state index contributed by atoms with van der Waals surface area (Å²) in [6.45, 7) is 0.575. The third-order valence-corrected chi connectivity index (χ3v) is 7.16. The summed E-state index contributed by atoms with van der Waals surface area (Å²) in [6, 6.07) is 10.8. The summed E-state index contributed by atoms with van der Waals surface area (Å²) in [6.07, 6.45) is 1.39. The molecule has 10 nitrogen and oxygen atoms in total. The molecule has 3 N–H and O–H groups in total. The largest absolute Gasteiger partial charge is 0.383 e. The highest BCUT2D eigenvalue weighted by molar-refractivity contribution is 7.90. The molecule has 2 aromatic carbocycles. The van der Waals surface area contributed by atoms with Gasteiger partial charge < -0.3 is 15.4 Å². The van der Waals surface area contributed by atoms with Gasteiger partial charge in [-0.15, -0.1) is 0 Å². The van der Waals surface area contributed by atoms with E-state index in [4.69, 9.17) is 22.1 Å². The number of fused-ring (bicyclic) bond motifs is 1. The van der Waals surface area contributed by atoms with Gasteiger partial charge in [-0.2, -0.15) is 12.7 Å². The zero-order valence-electron chi connectivity index (χ0n) is 17.8. The van der Waals surface area contributed by atoms with E-state index in [1.807, 2.05) is 18.2 Å². The number of rotatable bonds is 7. The zero-order chi connectivity index (χ0) is 23.6. The van der Waals surface area contributed by atoms with E-state index in [2.05, 4.69) is 14.7 Å². The van der Waals surface area contributed by atoms with Crippen LogP contribution in [-0.2, 0) is 26.3 Å². The maximum Gasteiger partial charge on any atom is 0.302 e. The molecule has 0 aliphatic carbocycles. The second-order valence-electron chi connectivity index (χ2n) is 7.57. The summed E-state index contributed by atoms with van der Waals surface area (Å²) >= 11 is 5.87. The Labute approximate surface area is 196 Å². The maximum atomic E-state index is 13.2. The highest BCUT2D eigenvalue weighted by Gasteiger charge is 2.41. The fourth-order valence-electron chi connectivity index (χ4n) is 3.74. The van der Waals surface area contributed by atoms with Gasteiger partial charge in [0.15, 0.2) is 0 Å². The number of benzene rings is 2. The predicted octanol–water partition coefficient (Wildman–Crippen LogP) is 1.88. The average Bonchev–Trinajstić information content (AvgIpc) is 2.78. The van der Waals surface area contributed by atoms with Crippen molar-refractivity contribution in [2.45, 2.75) is 12.6 Å². The molecular formula is C21H23ClN6O4S. The van der Waals surface area contributed by atoms with Crippen molar-refractivity contribution in [2.75, 3.05) is 37.3 Å². The average molecular weight is 491 g/mol. The number of nitrogen functional groups attached to an aromatic ring is 1. The topological polar surface area (TPSA) is 131 Å². The molecule has 4 rings (SSSR count). The number of hydrogen-bond donors (Lipinski definition) is 2. The van der Waals surface area contributed by atoms with Crippen LogP contribution in [0.25, 0.3) is 10.9 Å². The molecule has 1 aliphatic rings. The third kappa shape index (κ3) is 5.01. The number of piperazine rings is 1. The quantitative estimate of drug-likeness (QED) is 0.517. The highest BCUT2D eigenvalue weighted by atomic mass is 35.5. The van der Waals surface area contributed by atoms with Crippen molar-refractivity contribution in [1.29, 1.82) is 0 Å². The molecule has 0 bridgehead atoms. The maximum absolute atomic E-state index is 13.2. The predicted molar refractivity (Wildman–Crippen MR) is 126 cm³/mol. The van der Waals surface area contributed by atoms with E-state index < -0.39 is 16.3 Å². The molecule has 33 heavy (non-hydrogen) atoms. The van der Waals surface area contributed by atoms with Crippen molar-refractivity contribution in [3.63, 3.8) is 0 Å². The van der Waals surface area contributed by atoms with Crippen molar-refractivity contribution in [2.24, 2.45) is 0 Å². The molecule has 2 heterocycles. The molecule has 0 unspecified atom stereocenters. The number of hydrogen-bond acceptors (Lipinski definition) is 7. The van der Waals surface area contributed by atoms with Crippen LogP contribution in [0.5, 0.6) is 0 Å². The lowest BCUT2D eigenvalue weighted by Crippen LogP contribution is -2.60. The number of aromatic nitrogens is 2. The van der Waals surface area contributed by atoms with Gasteiger partial charge in [0.25, 0.3) is 0 Å². The van der Waals surface area contributed by atoms with Gasteiger partial charge in [0.1, 0.15) is 18.2 Å². The number of carbonyl (C=O) groups is 1. The highest BCUT2D eigenvalue weighted by Crippen LogP contribution is 2.23. The number of nitrogens with zero attached hydrogens (tertiary/aromatic N) is 4. The van der Waals surface area contributed by atoms with E-state index >= 15 is 0 Å². The molecule has 12 heteroatoms. The van der Waals surface area contributed by atoms with E-state index in [0.717, 1.165) is 15.3 Å². The van der Waals surface area contributed by atoms with Gasteiger partial charge in [-0.1, -0.05) is 17.7 Å². The summed E-state index contributed by atoms with van der Waals surface area (Å²) in [5.74, 6) is 0.0432. The van der Waals surface area contributed by atoms with Crippen molar-refractivity contribution >= 4 is 50.1 Å². The van der Waals surface area contributed by atoms with Crippen LogP contribution >= 0.6 is 11.6 Å². The van der Waals surface area contributed by atoms with Crippen molar-refractivity contribution in [1.82, 2.24) is 19.2 Å². The van der Waals surface area contributed by atoms with Gasteiger partial charge in [-0.05, 0) is 42.0 Å². The van der Waals surface area contributed by atoms with Crippen LogP contribution in [0.4, 0.5) is 11.5 Å². The smallest absolute Gasteiger partial charge is 0.302 e. The second-order valence-corrected chi connectivity index (χ2v) is 9.63. The molecule has 0 spiro atoms. The molecule has 174 valence electrons. The van der Waals surface area contributed by atoms with Gasteiger partial charge >= 0.3 is 10.2 Å². The Morgan fingerprint density at radius 2 is 1.94 bits per heavy atom. The van der Waals surface area contributed by atoms with Crippen LogP contribution in [0.2, 0.25) is 5.02 Å². The third-order valence-electron chi connectivity index (χ3n) is 5.36. The second kappa shape index (κ2) is 9.48. The standard InChI is InChI=1S/C21H23ClN6O4S/c1-32-12-19-21(29)27(11-14-2-7-17-18(10-14)24-13-25-20(17)23)8-9-28(19)33(30,31)26-16-5-3-15(22)4-6-16/h2-7,10,13,19,26H,8-9,11-12H2,1H3,(H2,23,24,25)/t19-/m0/s1. The Balaban J connectivity index is 1.53. The first kappa shape index (κ1) is 23.2. The minimum atomic E-state index is -4.00. The van der Waals surface area contributed by atoms with Gasteiger partial charge in [0.2, 0.25) is 5.91 Å². The van der Waals surface area contributed by atoms with Crippen LogP contribution < -0.4 is 10.5 Å². The van der Waals surface area contributed by atoms with Gasteiger partial charge in [-0.3, -0.25) is 9.52 Å². The number of methoxy groups -OCH3 is 1. The van der Waals surface area contributed by atoms with E-state index in [9.17, 15) is 13.2 Å². The molecule has 0 saturated carbocycles. The monoisotopic (exact) mass is 490 g/mol. The van der Waals surface area contributed by atoms with Gasteiger partial charge in [0, 0.05) is 42.8 Å². The summed E-state index contributed by atoms with van der Waals surface area (Å²) in [5.41, 5.74) is 7.75. The molecule has 3 aromatic rings. The molecule has 1 amide bonds. The SMILES string of the molecule is COC[C@H]1C(=O)N(Cc2ccc3c(N)ncnc3c2)CCN1S(=O)(=O)Nc1ccc(Cl)cc1. The van der Waals surface area contributed by atoms with E-state index in [0.29, 0.717) is 28.6 Å². The van der Waals surface area contributed by atoms with Crippen LogP contribution in [0.1, 0.15) is 5.56 Å². The van der Waals surface area contributed by atoms with Crippen LogP contribution in [0.15, 0.2) is 48.8 Å². The van der Waals surface area contributed by atoms with E-state index in [1.54, 1.807) is 29.2 Å². The fourth-order valence-corrected chi connectivity index (χ4v) is 5.23. The van der Waals surface area contributed by atoms with Crippen LogP contribution in [0, 0.1) is 0 Å². The lowest BCUT2D eigenvalue weighted by atomic mass is 10.1. The number of nitrogens with one attached hydrogen (secondary N) is 1. The number of halogens is 1. The van der Waals surface area contributed by atoms with Gasteiger partial charge in [-0.25, -0.2) is 9.97 Å². The van der Waals surface area contributed by atoms with Crippen molar-refractivity contribution in [3.8, 4) is 0 Å². The number of nitrogens with two attached hydrogens (primary N) is 1. The Kier molecular flexibility index (Phi) is 6.66. The summed E-state index contributed by atoms with van der Waals surface area (Å²) in [5, 5.41) is 1.22.